The Morgan fingerprint density at radius 1 is 0.458 bits per heavy atom. The van der Waals surface area contributed by atoms with Crippen molar-refractivity contribution in [3.8, 4) is 39.5 Å². The van der Waals surface area contributed by atoms with Gasteiger partial charge in [0.25, 0.3) is 0 Å². The lowest BCUT2D eigenvalue weighted by atomic mass is 9.99. The van der Waals surface area contributed by atoms with Crippen LogP contribution in [0.4, 0.5) is 0 Å². The highest BCUT2D eigenvalue weighted by atomic mass is 32.1. The van der Waals surface area contributed by atoms with Gasteiger partial charge in [-0.25, -0.2) is 9.97 Å². The first kappa shape index (κ1) is 27.1. The van der Waals surface area contributed by atoms with Gasteiger partial charge in [-0.05, 0) is 64.4 Å². The summed E-state index contributed by atoms with van der Waals surface area (Å²) in [4.78, 5) is 10.4. The Morgan fingerprint density at radius 3 is 2.02 bits per heavy atom. The van der Waals surface area contributed by atoms with E-state index in [0.29, 0.717) is 0 Å². The molecule has 0 bridgehead atoms. The number of aromatic nitrogens is 3. The van der Waals surface area contributed by atoms with Crippen molar-refractivity contribution in [3.05, 3.63) is 164 Å². The average Bonchev–Trinajstić information content (AvgIpc) is 3.71. The molecule has 0 N–H and O–H groups in total. The molecule has 0 aliphatic heterocycles. The van der Waals surface area contributed by atoms with E-state index < -0.39 is 0 Å². The van der Waals surface area contributed by atoms with Crippen LogP contribution in [0.25, 0.3) is 92.3 Å². The van der Waals surface area contributed by atoms with Crippen LogP contribution in [0.15, 0.2) is 164 Å². The minimum absolute atomic E-state index is 0.736. The van der Waals surface area contributed by atoms with Crippen molar-refractivity contribution in [2.45, 2.75) is 0 Å². The highest BCUT2D eigenvalue weighted by Crippen LogP contribution is 2.41. The Kier molecular flexibility index (Phi) is 6.05. The van der Waals surface area contributed by atoms with Gasteiger partial charge < -0.3 is 4.57 Å². The molecule has 0 aliphatic carbocycles. The summed E-state index contributed by atoms with van der Waals surface area (Å²) in [6.07, 6.45) is 0. The largest absolute Gasteiger partial charge is 0.309 e. The molecule has 10 aromatic rings. The Hall–Kier alpha value is -6.10. The second-order valence-electron chi connectivity index (χ2n) is 12.2. The molecule has 0 fully saturated rings. The minimum Gasteiger partial charge on any atom is -0.309 e. The highest BCUT2D eigenvalue weighted by molar-refractivity contribution is 7.26. The predicted molar refractivity (Wildman–Crippen MR) is 203 cm³/mol. The molecular weight excluding hydrogens is 603 g/mol. The van der Waals surface area contributed by atoms with Crippen LogP contribution < -0.4 is 0 Å². The maximum absolute atomic E-state index is 5.23. The second kappa shape index (κ2) is 10.7. The van der Waals surface area contributed by atoms with E-state index in [-0.39, 0.29) is 0 Å². The van der Waals surface area contributed by atoms with Crippen LogP contribution in [0.5, 0.6) is 0 Å². The number of rotatable bonds is 4. The molecule has 0 saturated heterocycles. The van der Waals surface area contributed by atoms with Crippen LogP contribution in [0.2, 0.25) is 0 Å². The molecule has 4 heteroatoms. The fraction of sp³-hybridized carbons (Fsp3) is 0. The standard InChI is InChI=1S/C44H27N3S/c1-3-13-29(14-4-1)41-43-42(35-20-9-10-21-39(35)48-43)46-44(45-41)32-16-11-15-30(26-32)31-23-24-37-36(27-31)40-34-19-8-7-12-28(34)22-25-38(40)47(37)33-17-5-2-6-18-33/h1-27H. The van der Waals surface area contributed by atoms with Crippen LogP contribution in [-0.4, -0.2) is 14.5 Å². The molecule has 0 radical (unpaired) electrons. The first-order valence-electron chi connectivity index (χ1n) is 16.2. The molecule has 48 heavy (non-hydrogen) atoms. The fourth-order valence-electron chi connectivity index (χ4n) is 7.17. The fourth-order valence-corrected chi connectivity index (χ4v) is 8.33. The molecule has 0 aliphatic rings. The Labute approximate surface area is 281 Å². The van der Waals surface area contributed by atoms with Crippen LogP contribution in [0.1, 0.15) is 0 Å². The maximum Gasteiger partial charge on any atom is 0.160 e. The second-order valence-corrected chi connectivity index (χ2v) is 13.3. The van der Waals surface area contributed by atoms with Gasteiger partial charge in [0.15, 0.2) is 5.82 Å². The molecule has 7 aromatic carbocycles. The number of hydrogen-bond acceptors (Lipinski definition) is 3. The summed E-state index contributed by atoms with van der Waals surface area (Å²) in [7, 11) is 0. The van der Waals surface area contributed by atoms with Gasteiger partial charge in [0.2, 0.25) is 0 Å². The Morgan fingerprint density at radius 2 is 1.15 bits per heavy atom. The van der Waals surface area contributed by atoms with Crippen molar-refractivity contribution in [3.63, 3.8) is 0 Å². The number of fused-ring (bicyclic) bond motifs is 8. The van der Waals surface area contributed by atoms with E-state index in [4.69, 9.17) is 9.97 Å². The van der Waals surface area contributed by atoms with E-state index in [1.54, 1.807) is 11.3 Å². The monoisotopic (exact) mass is 629 g/mol. The average molecular weight is 630 g/mol. The molecule has 0 saturated carbocycles. The lowest BCUT2D eigenvalue weighted by Crippen LogP contribution is -1.94. The molecule has 3 aromatic heterocycles. The van der Waals surface area contributed by atoms with E-state index in [9.17, 15) is 0 Å². The van der Waals surface area contributed by atoms with Gasteiger partial charge in [-0.1, -0.05) is 121 Å². The SMILES string of the molecule is c1ccc(-c2nc(-c3cccc(-c4ccc5c(c4)c4c6ccccc6ccc4n5-c4ccccc4)c3)nc3c2sc2ccccc23)cc1. The van der Waals surface area contributed by atoms with Gasteiger partial charge in [-0.15, -0.1) is 11.3 Å². The number of nitrogens with zero attached hydrogens (tertiary/aromatic N) is 3. The molecule has 224 valence electrons. The highest BCUT2D eigenvalue weighted by Gasteiger charge is 2.18. The van der Waals surface area contributed by atoms with E-state index in [2.05, 4.69) is 162 Å². The Balaban J connectivity index is 1.18. The van der Waals surface area contributed by atoms with Crippen LogP contribution in [0, 0.1) is 0 Å². The topological polar surface area (TPSA) is 30.7 Å². The normalized spacial score (nSPS) is 11.8. The molecule has 0 spiro atoms. The molecule has 0 unspecified atom stereocenters. The van der Waals surface area contributed by atoms with Gasteiger partial charge in [0.05, 0.1) is 26.9 Å². The lowest BCUT2D eigenvalue weighted by Gasteiger charge is -2.10. The van der Waals surface area contributed by atoms with Crippen LogP contribution in [-0.2, 0) is 0 Å². The zero-order chi connectivity index (χ0) is 31.6. The van der Waals surface area contributed by atoms with E-state index in [1.807, 2.05) is 6.07 Å². The zero-order valence-electron chi connectivity index (χ0n) is 25.8. The van der Waals surface area contributed by atoms with E-state index in [0.717, 1.165) is 49.7 Å². The van der Waals surface area contributed by atoms with Crippen molar-refractivity contribution in [1.82, 2.24) is 14.5 Å². The third-order valence-electron chi connectivity index (χ3n) is 9.39. The van der Waals surface area contributed by atoms with Gasteiger partial charge in [-0.3, -0.25) is 0 Å². The number of thiophene rings is 1. The zero-order valence-corrected chi connectivity index (χ0v) is 26.7. The summed E-state index contributed by atoms with van der Waals surface area (Å²) in [6.45, 7) is 0. The third kappa shape index (κ3) is 4.20. The van der Waals surface area contributed by atoms with Gasteiger partial charge >= 0.3 is 0 Å². The molecule has 3 nitrogen and oxygen atoms in total. The summed E-state index contributed by atoms with van der Waals surface area (Å²) >= 11 is 1.76. The first-order chi connectivity index (χ1) is 23.8. The van der Waals surface area contributed by atoms with Gasteiger partial charge in [0, 0.05) is 37.7 Å². The van der Waals surface area contributed by atoms with Crippen molar-refractivity contribution in [2.75, 3.05) is 0 Å². The smallest absolute Gasteiger partial charge is 0.160 e. The molecular formula is C44H27N3S. The summed E-state index contributed by atoms with van der Waals surface area (Å²) in [5.74, 6) is 0.736. The summed E-state index contributed by atoms with van der Waals surface area (Å²) in [5, 5.41) is 6.19. The maximum atomic E-state index is 5.23. The van der Waals surface area contributed by atoms with Crippen LogP contribution in [0.3, 0.4) is 0 Å². The van der Waals surface area contributed by atoms with Gasteiger partial charge in [-0.2, -0.15) is 0 Å². The first-order valence-corrected chi connectivity index (χ1v) is 17.0. The van der Waals surface area contributed by atoms with Crippen molar-refractivity contribution < 1.29 is 0 Å². The van der Waals surface area contributed by atoms with Crippen molar-refractivity contribution in [1.29, 1.82) is 0 Å². The van der Waals surface area contributed by atoms with Crippen molar-refractivity contribution >= 4 is 64.2 Å². The molecule has 0 atom stereocenters. The third-order valence-corrected chi connectivity index (χ3v) is 10.6. The summed E-state index contributed by atoms with van der Waals surface area (Å²) in [6, 6.07) is 58.4. The van der Waals surface area contributed by atoms with Crippen molar-refractivity contribution in [2.24, 2.45) is 0 Å². The number of hydrogen-bond donors (Lipinski definition) is 0. The quantitative estimate of drug-likeness (QED) is 0.194. The van der Waals surface area contributed by atoms with Crippen LogP contribution >= 0.6 is 11.3 Å². The summed E-state index contributed by atoms with van der Waals surface area (Å²) < 4.78 is 4.73. The lowest BCUT2D eigenvalue weighted by molar-refractivity contribution is 1.18. The molecule has 10 rings (SSSR count). The minimum atomic E-state index is 0.736. The summed E-state index contributed by atoms with van der Waals surface area (Å²) in [5.41, 5.74) is 9.93. The predicted octanol–water partition coefficient (Wildman–Crippen LogP) is 12.1. The number of benzene rings is 7. The van der Waals surface area contributed by atoms with E-state index >= 15 is 0 Å². The molecule has 3 heterocycles. The van der Waals surface area contributed by atoms with Gasteiger partial charge in [0.1, 0.15) is 0 Å². The Bertz CT molecular complexity index is 2830. The number of para-hydroxylation sites is 1. The molecule has 0 amide bonds. The van der Waals surface area contributed by atoms with E-state index in [1.165, 1.54) is 42.7 Å².